The fourth-order valence-corrected chi connectivity index (χ4v) is 3.56. The van der Waals surface area contributed by atoms with E-state index in [-0.39, 0.29) is 5.84 Å². The molecule has 0 atom stereocenters. The molecule has 0 unspecified atom stereocenters. The highest BCUT2D eigenvalue weighted by molar-refractivity contribution is 7.99. The van der Waals surface area contributed by atoms with Crippen molar-refractivity contribution in [1.82, 2.24) is 4.98 Å². The zero-order valence-corrected chi connectivity index (χ0v) is 13.1. The van der Waals surface area contributed by atoms with Gasteiger partial charge in [-0.1, -0.05) is 23.4 Å². The Bertz CT molecular complexity index is 683. The molecule has 0 bridgehead atoms. The van der Waals surface area contributed by atoms with Crippen molar-refractivity contribution < 1.29 is 0 Å². The third-order valence-electron chi connectivity index (χ3n) is 3.58. The summed E-state index contributed by atoms with van der Waals surface area (Å²) >= 11 is 7.45. The second-order valence-electron chi connectivity index (χ2n) is 5.12. The number of halogens is 1. The van der Waals surface area contributed by atoms with Crippen molar-refractivity contribution in [2.75, 3.05) is 0 Å². The number of amidine groups is 1. The Kier molecular flexibility index (Phi) is 4.17. The number of nitrogen functional groups attached to an aromatic ring is 1. The third-order valence-corrected chi connectivity index (χ3v) is 4.85. The molecule has 1 aliphatic carbocycles. The molecule has 3 N–H and O–H groups in total. The minimum absolute atomic E-state index is 0.0762. The molecule has 21 heavy (non-hydrogen) atoms. The van der Waals surface area contributed by atoms with Crippen molar-refractivity contribution in [3.8, 4) is 0 Å². The number of pyridine rings is 1. The number of benzene rings is 1. The summed E-state index contributed by atoms with van der Waals surface area (Å²) in [5.74, 6) is 0.0762. The van der Waals surface area contributed by atoms with Gasteiger partial charge in [-0.25, -0.2) is 4.98 Å². The molecule has 3 nitrogen and oxygen atoms in total. The summed E-state index contributed by atoms with van der Waals surface area (Å²) in [7, 11) is 0. The first-order valence-corrected chi connectivity index (χ1v) is 8.13. The number of hydrogen-bond acceptors (Lipinski definition) is 3. The first-order chi connectivity index (χ1) is 10.1. The van der Waals surface area contributed by atoms with Crippen LogP contribution in [-0.4, -0.2) is 10.8 Å². The van der Waals surface area contributed by atoms with Gasteiger partial charge in [0.25, 0.3) is 0 Å². The van der Waals surface area contributed by atoms with Gasteiger partial charge >= 0.3 is 0 Å². The van der Waals surface area contributed by atoms with E-state index in [9.17, 15) is 0 Å². The highest BCUT2D eigenvalue weighted by Gasteiger charge is 2.17. The minimum atomic E-state index is 0.0762. The SMILES string of the molecule is N=C(N)c1cc2c(nc1Sc1ccc(Cl)cc1)CCCC2. The Morgan fingerprint density at radius 2 is 1.90 bits per heavy atom. The molecule has 0 spiro atoms. The standard InChI is InChI=1S/C16H16ClN3S/c17-11-5-7-12(8-6-11)21-16-13(15(18)19)9-10-3-1-2-4-14(10)20-16/h5-9H,1-4H2,(H3,18,19). The Hall–Kier alpha value is -1.52. The van der Waals surface area contributed by atoms with Gasteiger partial charge in [0.1, 0.15) is 10.9 Å². The number of nitrogens with two attached hydrogens (primary N) is 1. The third kappa shape index (κ3) is 3.22. The molecule has 0 fully saturated rings. The average Bonchev–Trinajstić information content (AvgIpc) is 2.48. The lowest BCUT2D eigenvalue weighted by Gasteiger charge is -2.18. The van der Waals surface area contributed by atoms with Crippen molar-refractivity contribution in [3.63, 3.8) is 0 Å². The van der Waals surface area contributed by atoms with Crippen LogP contribution in [0.5, 0.6) is 0 Å². The number of nitrogens with zero attached hydrogens (tertiary/aromatic N) is 1. The fourth-order valence-electron chi connectivity index (χ4n) is 2.50. The Labute approximate surface area is 133 Å². The van der Waals surface area contributed by atoms with Crippen LogP contribution in [-0.2, 0) is 12.8 Å². The van der Waals surface area contributed by atoms with Gasteiger partial charge in [-0.05, 0) is 61.6 Å². The van der Waals surface area contributed by atoms with Crippen molar-refractivity contribution in [2.45, 2.75) is 35.6 Å². The van der Waals surface area contributed by atoms with Gasteiger partial charge < -0.3 is 5.73 Å². The summed E-state index contributed by atoms with van der Waals surface area (Å²) in [5, 5.41) is 9.32. The molecule has 0 radical (unpaired) electrons. The first-order valence-electron chi connectivity index (χ1n) is 6.94. The normalized spacial score (nSPS) is 13.8. The first kappa shape index (κ1) is 14.4. The van der Waals surface area contributed by atoms with Gasteiger partial charge in [0.05, 0.1) is 0 Å². The summed E-state index contributed by atoms with van der Waals surface area (Å²) in [5.41, 5.74) is 8.86. The van der Waals surface area contributed by atoms with E-state index in [2.05, 4.69) is 0 Å². The molecule has 1 aromatic heterocycles. The molecule has 0 saturated carbocycles. The summed E-state index contributed by atoms with van der Waals surface area (Å²) in [6, 6.07) is 9.67. The predicted octanol–water partition coefficient (Wildman–Crippen LogP) is 4.05. The summed E-state index contributed by atoms with van der Waals surface area (Å²) in [4.78, 5) is 5.81. The topological polar surface area (TPSA) is 62.8 Å². The zero-order chi connectivity index (χ0) is 14.8. The summed E-state index contributed by atoms with van der Waals surface area (Å²) < 4.78 is 0. The van der Waals surface area contributed by atoms with Crippen LogP contribution in [0.25, 0.3) is 0 Å². The monoisotopic (exact) mass is 317 g/mol. The highest BCUT2D eigenvalue weighted by Crippen LogP contribution is 2.32. The molecule has 3 rings (SSSR count). The maximum Gasteiger partial charge on any atom is 0.125 e. The number of rotatable bonds is 3. The van der Waals surface area contributed by atoms with E-state index < -0.39 is 0 Å². The minimum Gasteiger partial charge on any atom is -0.384 e. The number of aryl methyl sites for hydroxylation is 2. The van der Waals surface area contributed by atoms with Gasteiger partial charge in [-0.15, -0.1) is 0 Å². The van der Waals surface area contributed by atoms with Crippen LogP contribution in [0.2, 0.25) is 5.02 Å². The quantitative estimate of drug-likeness (QED) is 0.663. The number of fused-ring (bicyclic) bond motifs is 1. The number of hydrogen-bond donors (Lipinski definition) is 2. The molecule has 0 saturated heterocycles. The lowest BCUT2D eigenvalue weighted by atomic mass is 9.95. The van der Waals surface area contributed by atoms with Crippen LogP contribution >= 0.6 is 23.4 Å². The van der Waals surface area contributed by atoms with E-state index in [1.165, 1.54) is 30.2 Å². The van der Waals surface area contributed by atoms with Gasteiger partial charge in [0, 0.05) is 21.2 Å². The molecule has 5 heteroatoms. The van der Waals surface area contributed by atoms with Crippen LogP contribution in [0, 0.1) is 5.41 Å². The summed E-state index contributed by atoms with van der Waals surface area (Å²) in [6.07, 6.45) is 4.43. The molecule has 1 aliphatic rings. The second kappa shape index (κ2) is 6.08. The van der Waals surface area contributed by atoms with Crippen molar-refractivity contribution in [2.24, 2.45) is 5.73 Å². The van der Waals surface area contributed by atoms with E-state index in [4.69, 9.17) is 27.7 Å². The zero-order valence-electron chi connectivity index (χ0n) is 11.5. The van der Waals surface area contributed by atoms with Crippen molar-refractivity contribution in [1.29, 1.82) is 5.41 Å². The predicted molar refractivity (Wildman–Crippen MR) is 87.5 cm³/mol. The average molecular weight is 318 g/mol. The largest absolute Gasteiger partial charge is 0.384 e. The van der Waals surface area contributed by atoms with E-state index >= 15 is 0 Å². The summed E-state index contributed by atoms with van der Waals surface area (Å²) in [6.45, 7) is 0. The maximum absolute atomic E-state index is 7.80. The Balaban J connectivity index is 1.99. The molecule has 1 heterocycles. The molecule has 1 aromatic carbocycles. The fraction of sp³-hybridized carbons (Fsp3) is 0.250. The van der Waals surface area contributed by atoms with E-state index in [0.717, 1.165) is 34.0 Å². The molecular formula is C16H16ClN3S. The Morgan fingerprint density at radius 1 is 1.19 bits per heavy atom. The van der Waals surface area contributed by atoms with Crippen LogP contribution in [0.1, 0.15) is 29.7 Å². The Morgan fingerprint density at radius 3 is 2.62 bits per heavy atom. The van der Waals surface area contributed by atoms with Gasteiger partial charge in [0.15, 0.2) is 0 Å². The van der Waals surface area contributed by atoms with E-state index in [1.807, 2.05) is 30.3 Å². The van der Waals surface area contributed by atoms with Gasteiger partial charge in [-0.2, -0.15) is 0 Å². The molecule has 2 aromatic rings. The van der Waals surface area contributed by atoms with Crippen molar-refractivity contribution >= 4 is 29.2 Å². The van der Waals surface area contributed by atoms with Crippen LogP contribution in [0.4, 0.5) is 0 Å². The maximum atomic E-state index is 7.80. The van der Waals surface area contributed by atoms with E-state index in [1.54, 1.807) is 0 Å². The smallest absolute Gasteiger partial charge is 0.125 e. The lowest BCUT2D eigenvalue weighted by molar-refractivity contribution is 0.660. The number of nitrogens with one attached hydrogen (secondary N) is 1. The van der Waals surface area contributed by atoms with E-state index in [0.29, 0.717) is 5.02 Å². The van der Waals surface area contributed by atoms with Crippen LogP contribution < -0.4 is 5.73 Å². The van der Waals surface area contributed by atoms with Crippen LogP contribution in [0.3, 0.4) is 0 Å². The molecule has 108 valence electrons. The van der Waals surface area contributed by atoms with Gasteiger partial charge in [-0.3, -0.25) is 5.41 Å². The van der Waals surface area contributed by atoms with Gasteiger partial charge in [0.2, 0.25) is 0 Å². The van der Waals surface area contributed by atoms with Crippen molar-refractivity contribution in [3.05, 3.63) is 52.2 Å². The lowest BCUT2D eigenvalue weighted by Crippen LogP contribution is -2.16. The highest BCUT2D eigenvalue weighted by atomic mass is 35.5. The van der Waals surface area contributed by atoms with Crippen LogP contribution in [0.15, 0.2) is 40.3 Å². The molecule has 0 amide bonds. The molecule has 0 aliphatic heterocycles. The second-order valence-corrected chi connectivity index (χ2v) is 6.62. The molecular weight excluding hydrogens is 302 g/mol. The number of aromatic nitrogens is 1.